The monoisotopic (exact) mass is 398 g/mol. The molecule has 2 aromatic carbocycles. The van der Waals surface area contributed by atoms with Gasteiger partial charge in [-0.25, -0.2) is 4.39 Å². The van der Waals surface area contributed by atoms with Crippen molar-refractivity contribution in [1.82, 2.24) is 4.90 Å². The Morgan fingerprint density at radius 1 is 1.17 bits per heavy atom. The zero-order valence-electron chi connectivity index (χ0n) is 16.5. The zero-order valence-corrected chi connectivity index (χ0v) is 16.5. The highest BCUT2D eigenvalue weighted by atomic mass is 19.1. The van der Waals surface area contributed by atoms with Crippen LogP contribution in [0, 0.1) is 5.82 Å². The largest absolute Gasteiger partial charge is 0.389 e. The van der Waals surface area contributed by atoms with Gasteiger partial charge >= 0.3 is 0 Å². The van der Waals surface area contributed by atoms with E-state index < -0.39 is 6.10 Å². The van der Waals surface area contributed by atoms with E-state index in [0.29, 0.717) is 38.7 Å². The number of amides is 1. The standard InChI is InChI=1S/C23H27FN2O3/c24-19-6-9-22-18(12-19)13-26(20-7-8-20)23(28)10-11-25(22)14-21(27)16-29-15-17-4-2-1-3-5-17/h1-6,9,12,20-21,27H,7-8,10-11,13-16H2. The lowest BCUT2D eigenvalue weighted by Crippen LogP contribution is -2.42. The van der Waals surface area contributed by atoms with Crippen molar-refractivity contribution in [3.8, 4) is 0 Å². The first kappa shape index (κ1) is 19.9. The van der Waals surface area contributed by atoms with Crippen LogP contribution in [0.2, 0.25) is 0 Å². The molecule has 2 aliphatic rings. The lowest BCUT2D eigenvalue weighted by Gasteiger charge is -2.34. The summed E-state index contributed by atoms with van der Waals surface area (Å²) in [6, 6.07) is 14.8. The second-order valence-corrected chi connectivity index (χ2v) is 7.88. The molecular formula is C23H27FN2O3. The molecule has 0 aromatic heterocycles. The van der Waals surface area contributed by atoms with Gasteiger partial charge < -0.3 is 19.6 Å². The molecule has 1 heterocycles. The topological polar surface area (TPSA) is 53.0 Å². The molecule has 1 fully saturated rings. The maximum atomic E-state index is 13.9. The van der Waals surface area contributed by atoms with E-state index in [1.54, 1.807) is 6.07 Å². The number of fused-ring (bicyclic) bond motifs is 1. The van der Waals surface area contributed by atoms with Crippen molar-refractivity contribution in [3.63, 3.8) is 0 Å². The molecule has 1 atom stereocenters. The number of nitrogens with zero attached hydrogens (tertiary/aromatic N) is 2. The summed E-state index contributed by atoms with van der Waals surface area (Å²) in [5.74, 6) is -0.207. The maximum Gasteiger partial charge on any atom is 0.224 e. The van der Waals surface area contributed by atoms with E-state index in [0.717, 1.165) is 29.7 Å². The van der Waals surface area contributed by atoms with Crippen molar-refractivity contribution >= 4 is 11.6 Å². The number of hydrogen-bond acceptors (Lipinski definition) is 4. The van der Waals surface area contributed by atoms with E-state index in [1.165, 1.54) is 12.1 Å². The molecule has 2 aromatic rings. The maximum absolute atomic E-state index is 13.9. The third kappa shape index (κ3) is 5.14. The molecule has 4 rings (SSSR count). The van der Waals surface area contributed by atoms with Crippen LogP contribution >= 0.6 is 0 Å². The van der Waals surface area contributed by atoms with Gasteiger partial charge in [-0.2, -0.15) is 0 Å². The van der Waals surface area contributed by atoms with Crippen LogP contribution < -0.4 is 4.90 Å². The van der Waals surface area contributed by atoms with Crippen LogP contribution in [-0.2, 0) is 22.7 Å². The van der Waals surface area contributed by atoms with Crippen molar-refractivity contribution in [2.24, 2.45) is 0 Å². The summed E-state index contributed by atoms with van der Waals surface area (Å²) in [6.07, 6.45) is 1.74. The first-order valence-electron chi connectivity index (χ1n) is 10.2. The quantitative estimate of drug-likeness (QED) is 0.779. The highest BCUT2D eigenvalue weighted by Gasteiger charge is 2.34. The summed E-state index contributed by atoms with van der Waals surface area (Å²) >= 11 is 0. The lowest BCUT2D eigenvalue weighted by atomic mass is 10.1. The summed E-state index contributed by atoms with van der Waals surface area (Å²) in [6.45, 7) is 1.90. The Labute approximate surface area is 170 Å². The molecule has 1 aliphatic heterocycles. The lowest BCUT2D eigenvalue weighted by molar-refractivity contribution is -0.132. The Bertz CT molecular complexity index is 841. The molecule has 154 valence electrons. The predicted molar refractivity (Wildman–Crippen MR) is 109 cm³/mol. The molecule has 1 N–H and O–H groups in total. The Kier molecular flexibility index (Phi) is 6.11. The Morgan fingerprint density at radius 3 is 2.72 bits per heavy atom. The second kappa shape index (κ2) is 8.93. The van der Waals surface area contributed by atoms with Crippen LogP contribution in [0.15, 0.2) is 48.5 Å². The second-order valence-electron chi connectivity index (χ2n) is 7.88. The van der Waals surface area contributed by atoms with Crippen LogP contribution in [0.5, 0.6) is 0 Å². The van der Waals surface area contributed by atoms with Gasteiger partial charge in [-0.15, -0.1) is 0 Å². The average Bonchev–Trinajstić information content (AvgIpc) is 3.54. The Morgan fingerprint density at radius 2 is 1.97 bits per heavy atom. The van der Waals surface area contributed by atoms with Gasteiger partial charge in [0.2, 0.25) is 5.91 Å². The van der Waals surface area contributed by atoms with Gasteiger partial charge in [0, 0.05) is 37.8 Å². The van der Waals surface area contributed by atoms with E-state index in [2.05, 4.69) is 0 Å². The number of aliphatic hydroxyl groups excluding tert-OH is 1. The summed E-state index contributed by atoms with van der Waals surface area (Å²) in [5, 5.41) is 10.5. The summed E-state index contributed by atoms with van der Waals surface area (Å²) in [7, 11) is 0. The number of rotatable bonds is 7. The van der Waals surface area contributed by atoms with E-state index in [-0.39, 0.29) is 18.3 Å². The molecule has 5 nitrogen and oxygen atoms in total. The van der Waals surface area contributed by atoms with Gasteiger partial charge in [0.15, 0.2) is 0 Å². The number of halogens is 1. The molecule has 6 heteroatoms. The molecule has 0 spiro atoms. The van der Waals surface area contributed by atoms with Crippen molar-refractivity contribution in [3.05, 3.63) is 65.5 Å². The molecule has 1 amide bonds. The van der Waals surface area contributed by atoms with Crippen molar-refractivity contribution in [2.75, 3.05) is 24.6 Å². The number of carbonyl (C=O) groups excluding carboxylic acids is 1. The zero-order chi connectivity index (χ0) is 20.2. The van der Waals surface area contributed by atoms with Crippen LogP contribution in [0.1, 0.15) is 30.4 Å². The van der Waals surface area contributed by atoms with Gasteiger partial charge in [0.05, 0.1) is 19.3 Å². The minimum Gasteiger partial charge on any atom is -0.389 e. The van der Waals surface area contributed by atoms with Gasteiger partial charge in [-0.3, -0.25) is 4.79 Å². The summed E-state index contributed by atoms with van der Waals surface area (Å²) in [4.78, 5) is 16.5. The number of hydrogen-bond donors (Lipinski definition) is 1. The molecule has 1 saturated carbocycles. The van der Waals surface area contributed by atoms with E-state index in [4.69, 9.17) is 4.74 Å². The van der Waals surface area contributed by atoms with Gasteiger partial charge in [0.25, 0.3) is 0 Å². The fraction of sp³-hybridized carbons (Fsp3) is 0.435. The number of benzene rings is 2. The predicted octanol–water partition coefficient (Wildman–Crippen LogP) is 3.10. The van der Waals surface area contributed by atoms with Crippen molar-refractivity contribution < 1.29 is 19.0 Å². The first-order valence-corrected chi connectivity index (χ1v) is 10.2. The fourth-order valence-corrected chi connectivity index (χ4v) is 3.86. The number of carbonyl (C=O) groups is 1. The van der Waals surface area contributed by atoms with Crippen LogP contribution in [-0.4, -0.2) is 47.8 Å². The smallest absolute Gasteiger partial charge is 0.224 e. The minimum absolute atomic E-state index is 0.0993. The Balaban J connectivity index is 1.42. The average molecular weight is 398 g/mol. The molecule has 0 radical (unpaired) electrons. The van der Waals surface area contributed by atoms with Crippen LogP contribution in [0.25, 0.3) is 0 Å². The molecule has 0 bridgehead atoms. The highest BCUT2D eigenvalue weighted by Crippen LogP contribution is 2.33. The Hall–Kier alpha value is -2.44. The van der Waals surface area contributed by atoms with Crippen LogP contribution in [0.3, 0.4) is 0 Å². The van der Waals surface area contributed by atoms with Crippen molar-refractivity contribution in [2.45, 2.75) is 44.6 Å². The number of anilines is 1. The van der Waals surface area contributed by atoms with E-state index in [9.17, 15) is 14.3 Å². The number of β-amino-alcohol motifs (C(OH)–C–C–N with tert-alkyl or cyclic N) is 1. The first-order chi connectivity index (χ1) is 14.1. The fourth-order valence-electron chi connectivity index (χ4n) is 3.86. The number of ether oxygens (including phenoxy) is 1. The normalized spacial score (nSPS) is 18.2. The summed E-state index contributed by atoms with van der Waals surface area (Å²) < 4.78 is 19.5. The third-order valence-corrected chi connectivity index (χ3v) is 5.48. The number of aliphatic hydroxyl groups is 1. The van der Waals surface area contributed by atoms with Gasteiger partial charge in [-0.1, -0.05) is 30.3 Å². The molecule has 0 saturated heterocycles. The molecule has 29 heavy (non-hydrogen) atoms. The molecule has 1 aliphatic carbocycles. The minimum atomic E-state index is -0.703. The highest BCUT2D eigenvalue weighted by molar-refractivity contribution is 5.78. The van der Waals surface area contributed by atoms with Gasteiger partial charge in [-0.05, 0) is 42.2 Å². The van der Waals surface area contributed by atoms with E-state index in [1.807, 2.05) is 40.1 Å². The summed E-state index contributed by atoms with van der Waals surface area (Å²) in [5.41, 5.74) is 2.73. The van der Waals surface area contributed by atoms with Gasteiger partial charge in [0.1, 0.15) is 5.82 Å². The SMILES string of the molecule is O=C1CCN(CC(O)COCc2ccccc2)c2ccc(F)cc2CN1C1CC1. The van der Waals surface area contributed by atoms with E-state index >= 15 is 0 Å². The molecular weight excluding hydrogens is 371 g/mol. The molecule has 1 unspecified atom stereocenters. The third-order valence-electron chi connectivity index (χ3n) is 5.48. The van der Waals surface area contributed by atoms with Crippen LogP contribution in [0.4, 0.5) is 10.1 Å². The van der Waals surface area contributed by atoms with Crippen molar-refractivity contribution in [1.29, 1.82) is 0 Å².